The molecule has 7 nitrogen and oxygen atoms in total. The van der Waals surface area contributed by atoms with Gasteiger partial charge in [0.2, 0.25) is 0 Å². The number of nitrogens with zero attached hydrogens (tertiary/aromatic N) is 3. The number of carbonyl (C=O) groups is 1. The molecule has 0 atom stereocenters. The molecule has 0 aromatic carbocycles. The van der Waals surface area contributed by atoms with Gasteiger partial charge in [0.15, 0.2) is 0 Å². The van der Waals surface area contributed by atoms with Crippen LogP contribution >= 0.6 is 0 Å². The topological polar surface area (TPSA) is 79.3 Å². The van der Waals surface area contributed by atoms with Crippen molar-refractivity contribution < 1.29 is 13.9 Å². The third-order valence-corrected chi connectivity index (χ3v) is 2.59. The van der Waals surface area contributed by atoms with Crippen molar-refractivity contribution in [2.45, 2.75) is 26.9 Å². The molecular weight excluding hydrogens is 250 g/mol. The van der Waals surface area contributed by atoms with Crippen molar-refractivity contribution >= 4 is 5.97 Å². The van der Waals surface area contributed by atoms with Crippen LogP contribution in [0.1, 0.15) is 18.5 Å². The molecule has 0 saturated heterocycles. The second-order valence-electron chi connectivity index (χ2n) is 3.96. The van der Waals surface area contributed by atoms with E-state index in [9.17, 15) is 9.59 Å². The number of rotatable bonds is 5. The van der Waals surface area contributed by atoms with Crippen molar-refractivity contribution in [3.63, 3.8) is 0 Å². The van der Waals surface area contributed by atoms with Gasteiger partial charge in [-0.1, -0.05) is 0 Å². The summed E-state index contributed by atoms with van der Waals surface area (Å²) in [6.45, 7) is 3.80. The van der Waals surface area contributed by atoms with Crippen LogP contribution in [0.4, 0.5) is 0 Å². The smallest absolute Gasteiger partial charge is 0.346 e. The summed E-state index contributed by atoms with van der Waals surface area (Å²) >= 11 is 0. The van der Waals surface area contributed by atoms with Crippen LogP contribution in [-0.2, 0) is 22.6 Å². The molecule has 2 rings (SSSR count). The summed E-state index contributed by atoms with van der Waals surface area (Å²) in [6.07, 6.45) is 1.54. The summed E-state index contributed by atoms with van der Waals surface area (Å²) in [7, 11) is 0. The van der Waals surface area contributed by atoms with Crippen LogP contribution in [0.5, 0.6) is 0 Å². The van der Waals surface area contributed by atoms with E-state index < -0.39 is 5.97 Å². The second-order valence-corrected chi connectivity index (χ2v) is 3.96. The highest BCUT2D eigenvalue weighted by molar-refractivity contribution is 5.68. The van der Waals surface area contributed by atoms with Gasteiger partial charge in [-0.05, 0) is 26.0 Å². The zero-order chi connectivity index (χ0) is 13.8. The molecule has 0 bridgehead atoms. The molecule has 0 N–H and O–H groups in total. The van der Waals surface area contributed by atoms with E-state index >= 15 is 0 Å². The van der Waals surface area contributed by atoms with Gasteiger partial charge < -0.3 is 9.15 Å². The van der Waals surface area contributed by atoms with E-state index in [-0.39, 0.29) is 18.8 Å². The van der Waals surface area contributed by atoms with Gasteiger partial charge in [0, 0.05) is 0 Å². The molecule has 2 aromatic rings. The van der Waals surface area contributed by atoms with Crippen molar-refractivity contribution in [2.24, 2.45) is 0 Å². The van der Waals surface area contributed by atoms with E-state index in [2.05, 4.69) is 5.10 Å². The lowest BCUT2D eigenvalue weighted by Gasteiger charge is -2.00. The first-order valence-corrected chi connectivity index (χ1v) is 5.94. The molecule has 0 aliphatic carbocycles. The molecule has 19 heavy (non-hydrogen) atoms. The Morgan fingerprint density at radius 1 is 1.53 bits per heavy atom. The average Bonchev–Trinajstić information content (AvgIpc) is 2.94. The maximum absolute atomic E-state index is 12.1. The molecule has 0 fully saturated rings. The summed E-state index contributed by atoms with van der Waals surface area (Å²) in [4.78, 5) is 23.4. The molecule has 0 saturated carbocycles. The normalized spacial score (nSPS) is 10.6. The first-order chi connectivity index (χ1) is 9.11. The molecule has 2 heterocycles. The number of aryl methyl sites for hydroxylation is 1. The number of hydrogen-bond donors (Lipinski definition) is 0. The average molecular weight is 265 g/mol. The summed E-state index contributed by atoms with van der Waals surface area (Å²) in [6, 6.07) is 3.52. The number of hydrogen-bond acceptors (Lipinski definition) is 5. The van der Waals surface area contributed by atoms with Gasteiger partial charge in [0.1, 0.15) is 18.1 Å². The highest BCUT2D eigenvalue weighted by Crippen LogP contribution is 2.03. The zero-order valence-corrected chi connectivity index (χ0v) is 10.8. The molecule has 7 heteroatoms. The second kappa shape index (κ2) is 5.55. The summed E-state index contributed by atoms with van der Waals surface area (Å²) < 4.78 is 12.5. The van der Waals surface area contributed by atoms with Gasteiger partial charge in [-0.2, -0.15) is 5.10 Å². The number of furan rings is 1. The zero-order valence-electron chi connectivity index (χ0n) is 10.8. The molecular formula is C12H15N3O4. The lowest BCUT2D eigenvalue weighted by molar-refractivity contribution is -0.144. The van der Waals surface area contributed by atoms with Crippen LogP contribution in [0, 0.1) is 6.92 Å². The van der Waals surface area contributed by atoms with E-state index in [0.717, 1.165) is 4.68 Å². The largest absolute Gasteiger partial charge is 0.467 e. The van der Waals surface area contributed by atoms with E-state index in [4.69, 9.17) is 9.15 Å². The first kappa shape index (κ1) is 13.1. The third kappa shape index (κ3) is 2.93. The minimum Gasteiger partial charge on any atom is -0.467 e. The van der Waals surface area contributed by atoms with Crippen molar-refractivity contribution in [1.29, 1.82) is 0 Å². The molecule has 0 radical (unpaired) electrons. The molecule has 0 aliphatic heterocycles. The standard InChI is InChI=1S/C12H15N3O4/c1-3-18-11(16)8-15-12(17)14(9(2)13-15)7-10-5-4-6-19-10/h4-6H,3,7-8H2,1-2H3. The maximum atomic E-state index is 12.1. The van der Waals surface area contributed by atoms with Gasteiger partial charge in [-0.15, -0.1) is 0 Å². The van der Waals surface area contributed by atoms with E-state index in [1.165, 1.54) is 4.57 Å². The van der Waals surface area contributed by atoms with Gasteiger partial charge in [0.05, 0.1) is 19.4 Å². The number of aromatic nitrogens is 3. The van der Waals surface area contributed by atoms with Gasteiger partial charge in [0.25, 0.3) is 0 Å². The van der Waals surface area contributed by atoms with Crippen LogP contribution in [0.25, 0.3) is 0 Å². The van der Waals surface area contributed by atoms with Crippen molar-refractivity contribution in [3.05, 3.63) is 40.5 Å². The molecule has 0 spiro atoms. The Morgan fingerprint density at radius 3 is 2.95 bits per heavy atom. The Labute approximate surface area is 109 Å². The van der Waals surface area contributed by atoms with E-state index in [0.29, 0.717) is 18.1 Å². The Kier molecular flexibility index (Phi) is 3.84. The van der Waals surface area contributed by atoms with Crippen LogP contribution < -0.4 is 5.69 Å². The Hall–Kier alpha value is -2.31. The Bertz CT molecular complexity index is 609. The number of esters is 1. The quantitative estimate of drug-likeness (QED) is 0.738. The maximum Gasteiger partial charge on any atom is 0.346 e. The molecule has 0 aliphatic rings. The van der Waals surface area contributed by atoms with Crippen LogP contribution in [0.3, 0.4) is 0 Å². The van der Waals surface area contributed by atoms with Crippen LogP contribution in [-0.4, -0.2) is 26.9 Å². The van der Waals surface area contributed by atoms with Crippen molar-refractivity contribution in [3.8, 4) is 0 Å². The highest BCUT2D eigenvalue weighted by Gasteiger charge is 2.14. The number of carbonyl (C=O) groups excluding carboxylic acids is 1. The minimum absolute atomic E-state index is 0.182. The predicted octanol–water partition coefficient (Wildman–Crippen LogP) is 0.558. The fourth-order valence-electron chi connectivity index (χ4n) is 1.72. The van der Waals surface area contributed by atoms with Gasteiger partial charge in [-0.25, -0.2) is 9.48 Å². The van der Waals surface area contributed by atoms with E-state index in [1.807, 2.05) is 0 Å². The fourth-order valence-corrected chi connectivity index (χ4v) is 1.72. The van der Waals surface area contributed by atoms with Crippen molar-refractivity contribution in [1.82, 2.24) is 14.3 Å². The van der Waals surface area contributed by atoms with Crippen LogP contribution in [0.2, 0.25) is 0 Å². The SMILES string of the molecule is CCOC(=O)Cn1nc(C)n(Cc2ccco2)c1=O. The number of ether oxygens (including phenoxy) is 1. The predicted molar refractivity (Wildman–Crippen MR) is 65.7 cm³/mol. The Morgan fingerprint density at radius 2 is 2.32 bits per heavy atom. The minimum atomic E-state index is -0.479. The van der Waals surface area contributed by atoms with Crippen LogP contribution in [0.15, 0.2) is 27.6 Å². The monoisotopic (exact) mass is 265 g/mol. The molecule has 102 valence electrons. The van der Waals surface area contributed by atoms with E-state index in [1.54, 1.807) is 32.2 Å². The molecule has 0 amide bonds. The van der Waals surface area contributed by atoms with Gasteiger partial charge in [-0.3, -0.25) is 9.36 Å². The fraction of sp³-hybridized carbons (Fsp3) is 0.417. The molecule has 0 unspecified atom stereocenters. The lowest BCUT2D eigenvalue weighted by Crippen LogP contribution is -2.28. The lowest BCUT2D eigenvalue weighted by atomic mass is 10.4. The molecule has 2 aromatic heterocycles. The van der Waals surface area contributed by atoms with Crippen molar-refractivity contribution in [2.75, 3.05) is 6.61 Å². The third-order valence-electron chi connectivity index (χ3n) is 2.59. The summed E-state index contributed by atoms with van der Waals surface area (Å²) in [5.74, 6) is 0.693. The first-order valence-electron chi connectivity index (χ1n) is 5.94. The van der Waals surface area contributed by atoms with Gasteiger partial charge >= 0.3 is 11.7 Å². The summed E-state index contributed by atoms with van der Waals surface area (Å²) in [5.41, 5.74) is -0.359. The summed E-state index contributed by atoms with van der Waals surface area (Å²) in [5, 5.41) is 4.04. The Balaban J connectivity index is 2.20. The highest BCUT2D eigenvalue weighted by atomic mass is 16.5.